The maximum atomic E-state index is 12.8. The van der Waals surface area contributed by atoms with Gasteiger partial charge in [-0.2, -0.15) is 4.98 Å². The number of amides is 1. The number of rotatable bonds is 8. The zero-order valence-electron chi connectivity index (χ0n) is 22.0. The lowest BCUT2D eigenvalue weighted by Crippen LogP contribution is -2.30. The molecular formula is C31H20N4O6S2. The van der Waals surface area contributed by atoms with Gasteiger partial charge in [0.05, 0.1) is 16.2 Å². The number of thiazole rings is 1. The number of aromatic nitrogens is 3. The van der Waals surface area contributed by atoms with E-state index in [0.29, 0.717) is 17.0 Å². The predicted molar refractivity (Wildman–Crippen MR) is 160 cm³/mol. The molecule has 0 atom stereocenters. The summed E-state index contributed by atoms with van der Waals surface area (Å²) in [5, 5.41) is 16.0. The molecule has 43 heavy (non-hydrogen) atoms. The third-order valence-corrected chi connectivity index (χ3v) is 8.64. The van der Waals surface area contributed by atoms with E-state index in [4.69, 9.17) is 14.6 Å². The molecule has 2 N–H and O–H groups in total. The number of carboxylic acids is 1. The summed E-state index contributed by atoms with van der Waals surface area (Å²) in [4.78, 5) is 32.8. The highest BCUT2D eigenvalue weighted by Crippen LogP contribution is 2.30. The minimum atomic E-state index is -4.24. The lowest BCUT2D eigenvalue weighted by Gasteiger charge is -2.08. The van der Waals surface area contributed by atoms with Crippen molar-refractivity contribution in [1.82, 2.24) is 19.8 Å². The highest BCUT2D eigenvalue weighted by molar-refractivity contribution is 7.90. The molecule has 0 aliphatic carbocycles. The minimum Gasteiger partial charge on any atom is -0.478 e. The highest BCUT2D eigenvalue weighted by Gasteiger charge is 2.20. The average molecular weight is 609 g/mol. The maximum Gasteiger partial charge on any atom is 0.335 e. The summed E-state index contributed by atoms with van der Waals surface area (Å²) in [6.07, 6.45) is 0. The molecule has 2 heterocycles. The lowest BCUT2D eigenvalue weighted by atomic mass is 10.1. The SMILES string of the molecule is O=C(O)c1ccc(S(=O)(=O)NC(=O)c2cccc(-c3nc(-c4ccc(-c5csc(-c6ccccc6)n5)cc4)no3)c2)cc1. The molecule has 0 spiro atoms. The molecule has 0 fully saturated rings. The van der Waals surface area contributed by atoms with E-state index in [1.165, 1.54) is 12.1 Å². The molecular weight excluding hydrogens is 588 g/mol. The zero-order valence-corrected chi connectivity index (χ0v) is 23.7. The topological polar surface area (TPSA) is 152 Å². The Morgan fingerprint density at radius 1 is 0.744 bits per heavy atom. The third-order valence-electron chi connectivity index (χ3n) is 6.40. The Kier molecular flexibility index (Phi) is 7.36. The van der Waals surface area contributed by atoms with Gasteiger partial charge in [-0.25, -0.2) is 22.9 Å². The van der Waals surface area contributed by atoms with Gasteiger partial charge in [0, 0.05) is 33.2 Å². The van der Waals surface area contributed by atoms with Gasteiger partial charge >= 0.3 is 5.97 Å². The quantitative estimate of drug-likeness (QED) is 0.211. The standard InChI is InChI=1S/C31H20N4O6S2/c36-28(35-43(39,40)25-15-13-22(14-16-25)31(37)38)23-7-4-8-24(17-23)29-33-27(34-41-29)20-11-9-19(10-12-20)26-18-42-30(32-26)21-5-2-1-3-6-21/h1-18H,(H,35,36)(H,37,38). The van der Waals surface area contributed by atoms with Gasteiger partial charge in [0.15, 0.2) is 0 Å². The second kappa shape index (κ2) is 11.4. The predicted octanol–water partition coefficient (Wildman–Crippen LogP) is 6.01. The van der Waals surface area contributed by atoms with E-state index in [1.54, 1.807) is 23.5 Å². The molecule has 0 aliphatic rings. The molecule has 6 aromatic rings. The van der Waals surface area contributed by atoms with E-state index in [9.17, 15) is 18.0 Å². The second-order valence-electron chi connectivity index (χ2n) is 9.25. The molecule has 1 amide bonds. The van der Waals surface area contributed by atoms with Gasteiger partial charge in [-0.05, 0) is 42.5 Å². The fraction of sp³-hybridized carbons (Fsp3) is 0. The summed E-state index contributed by atoms with van der Waals surface area (Å²) in [5.41, 5.74) is 3.96. The first-order valence-electron chi connectivity index (χ1n) is 12.7. The van der Waals surface area contributed by atoms with Gasteiger partial charge in [0.25, 0.3) is 21.8 Å². The fourth-order valence-electron chi connectivity index (χ4n) is 4.18. The number of carbonyl (C=O) groups excluding carboxylic acids is 1. The molecule has 10 nitrogen and oxygen atoms in total. The van der Waals surface area contributed by atoms with Crippen LogP contribution in [0.3, 0.4) is 0 Å². The molecule has 212 valence electrons. The molecule has 2 aromatic heterocycles. The van der Waals surface area contributed by atoms with Gasteiger partial charge < -0.3 is 9.63 Å². The van der Waals surface area contributed by atoms with E-state index in [1.807, 2.05) is 64.7 Å². The van der Waals surface area contributed by atoms with Crippen LogP contribution in [0.25, 0.3) is 44.7 Å². The number of carboxylic acid groups (broad SMARTS) is 1. The van der Waals surface area contributed by atoms with Crippen molar-refractivity contribution in [3.63, 3.8) is 0 Å². The second-order valence-corrected chi connectivity index (χ2v) is 11.8. The summed E-state index contributed by atoms with van der Waals surface area (Å²) < 4.78 is 32.8. The Morgan fingerprint density at radius 3 is 2.16 bits per heavy atom. The van der Waals surface area contributed by atoms with Gasteiger partial charge in [0.1, 0.15) is 5.01 Å². The molecule has 0 aliphatic heterocycles. The van der Waals surface area contributed by atoms with Crippen LogP contribution in [0, 0.1) is 0 Å². The number of sulfonamides is 1. The van der Waals surface area contributed by atoms with Crippen LogP contribution in [0.15, 0.2) is 118 Å². The Morgan fingerprint density at radius 2 is 1.44 bits per heavy atom. The van der Waals surface area contributed by atoms with Crippen molar-refractivity contribution >= 4 is 33.2 Å². The number of nitrogens with one attached hydrogen (secondary N) is 1. The minimum absolute atomic E-state index is 0.0467. The van der Waals surface area contributed by atoms with Crippen LogP contribution in [0.5, 0.6) is 0 Å². The summed E-state index contributed by atoms with van der Waals surface area (Å²) in [7, 11) is -4.24. The number of aromatic carboxylic acids is 1. The smallest absolute Gasteiger partial charge is 0.335 e. The summed E-state index contributed by atoms with van der Waals surface area (Å²) >= 11 is 1.57. The fourth-order valence-corrected chi connectivity index (χ4v) is 5.99. The van der Waals surface area contributed by atoms with Gasteiger partial charge in [0.2, 0.25) is 5.82 Å². The number of hydrogen-bond donors (Lipinski definition) is 2. The first kappa shape index (κ1) is 27.7. The summed E-state index contributed by atoms with van der Waals surface area (Å²) in [5.74, 6) is -1.59. The lowest BCUT2D eigenvalue weighted by molar-refractivity contribution is 0.0696. The monoisotopic (exact) mass is 608 g/mol. The molecule has 0 saturated carbocycles. The van der Waals surface area contributed by atoms with Crippen molar-refractivity contribution in [3.8, 4) is 44.7 Å². The van der Waals surface area contributed by atoms with Crippen molar-refractivity contribution in [1.29, 1.82) is 0 Å². The first-order chi connectivity index (χ1) is 20.8. The third kappa shape index (κ3) is 5.96. The van der Waals surface area contributed by atoms with Crippen molar-refractivity contribution in [2.24, 2.45) is 0 Å². The van der Waals surface area contributed by atoms with E-state index >= 15 is 0 Å². The van der Waals surface area contributed by atoms with Crippen LogP contribution in [0.2, 0.25) is 0 Å². The Hall–Kier alpha value is -5.46. The molecule has 0 saturated heterocycles. The molecule has 6 rings (SSSR count). The van der Waals surface area contributed by atoms with Gasteiger partial charge in [-0.15, -0.1) is 11.3 Å². The van der Waals surface area contributed by atoms with Crippen LogP contribution in [-0.2, 0) is 10.0 Å². The Labute approximate surface area is 249 Å². The summed E-state index contributed by atoms with van der Waals surface area (Å²) in [6, 6.07) is 28.2. The normalized spacial score (nSPS) is 11.3. The zero-order chi connectivity index (χ0) is 30.0. The van der Waals surface area contributed by atoms with E-state index in [0.717, 1.165) is 46.1 Å². The van der Waals surface area contributed by atoms with Crippen LogP contribution >= 0.6 is 11.3 Å². The Bertz CT molecular complexity index is 2050. The van der Waals surface area contributed by atoms with Crippen LogP contribution < -0.4 is 4.72 Å². The van der Waals surface area contributed by atoms with Crippen LogP contribution in [-0.4, -0.2) is 40.5 Å². The largest absolute Gasteiger partial charge is 0.478 e. The number of nitrogens with zero attached hydrogens (tertiary/aromatic N) is 3. The van der Waals surface area contributed by atoms with E-state index < -0.39 is 21.9 Å². The first-order valence-corrected chi connectivity index (χ1v) is 15.1. The van der Waals surface area contributed by atoms with Crippen LogP contribution in [0.1, 0.15) is 20.7 Å². The molecule has 0 bridgehead atoms. The average Bonchev–Trinajstić information content (AvgIpc) is 3.73. The van der Waals surface area contributed by atoms with Crippen molar-refractivity contribution < 1.29 is 27.6 Å². The van der Waals surface area contributed by atoms with E-state index in [2.05, 4.69) is 10.1 Å². The highest BCUT2D eigenvalue weighted by atomic mass is 32.2. The van der Waals surface area contributed by atoms with Crippen molar-refractivity contribution in [2.45, 2.75) is 4.90 Å². The van der Waals surface area contributed by atoms with Gasteiger partial charge in [-0.1, -0.05) is 65.8 Å². The van der Waals surface area contributed by atoms with E-state index in [-0.39, 0.29) is 21.9 Å². The molecule has 0 radical (unpaired) electrons. The maximum absolute atomic E-state index is 12.8. The van der Waals surface area contributed by atoms with Gasteiger partial charge in [-0.3, -0.25) is 4.79 Å². The number of hydrogen-bond acceptors (Lipinski definition) is 9. The van der Waals surface area contributed by atoms with Crippen molar-refractivity contribution in [3.05, 3.63) is 120 Å². The molecule has 0 unspecified atom stereocenters. The Balaban J connectivity index is 1.16. The molecule has 4 aromatic carbocycles. The van der Waals surface area contributed by atoms with Crippen molar-refractivity contribution in [2.75, 3.05) is 0 Å². The van der Waals surface area contributed by atoms with Crippen LogP contribution in [0.4, 0.5) is 0 Å². The molecule has 12 heteroatoms. The summed E-state index contributed by atoms with van der Waals surface area (Å²) in [6.45, 7) is 0. The number of benzene rings is 4. The number of carbonyl (C=O) groups is 2.